The molecule has 3 aromatic rings. The van der Waals surface area contributed by atoms with Gasteiger partial charge >= 0.3 is 5.69 Å². The molecule has 7 nitrogen and oxygen atoms in total. The van der Waals surface area contributed by atoms with Crippen LogP contribution in [0.2, 0.25) is 0 Å². The zero-order valence-electron chi connectivity index (χ0n) is 14.2. The molecule has 0 aliphatic heterocycles. The van der Waals surface area contributed by atoms with Gasteiger partial charge in [0, 0.05) is 6.20 Å². The molecule has 3 rings (SSSR count). The van der Waals surface area contributed by atoms with Crippen molar-refractivity contribution in [3.8, 4) is 0 Å². The van der Waals surface area contributed by atoms with E-state index in [1.807, 2.05) is 6.92 Å². The third-order valence-corrected chi connectivity index (χ3v) is 4.04. The molecule has 0 saturated heterocycles. The number of nitrogens with zero attached hydrogens (tertiary/aromatic N) is 4. The molecule has 8 heteroatoms. The molecule has 0 aliphatic carbocycles. The summed E-state index contributed by atoms with van der Waals surface area (Å²) in [5.41, 5.74) is 1.91. The first kappa shape index (κ1) is 16.8. The van der Waals surface area contributed by atoms with Crippen LogP contribution in [0.5, 0.6) is 0 Å². The van der Waals surface area contributed by atoms with E-state index in [-0.39, 0.29) is 12.4 Å². The Morgan fingerprint density at radius 2 is 2.04 bits per heavy atom. The van der Waals surface area contributed by atoms with E-state index in [1.54, 1.807) is 32.0 Å². The summed E-state index contributed by atoms with van der Waals surface area (Å²) in [4.78, 5) is 24.5. The van der Waals surface area contributed by atoms with Gasteiger partial charge in [0.2, 0.25) is 5.91 Å². The van der Waals surface area contributed by atoms with Crippen LogP contribution in [0.1, 0.15) is 29.7 Å². The molecule has 0 bridgehead atoms. The summed E-state index contributed by atoms with van der Waals surface area (Å²) in [5.74, 6) is -0.714. The van der Waals surface area contributed by atoms with E-state index >= 15 is 0 Å². The summed E-state index contributed by atoms with van der Waals surface area (Å²) in [6, 6.07) is 6.16. The van der Waals surface area contributed by atoms with Crippen molar-refractivity contribution < 1.29 is 9.18 Å². The predicted octanol–water partition coefficient (Wildman–Crippen LogP) is 1.52. The fourth-order valence-corrected chi connectivity index (χ4v) is 2.52. The number of halogens is 1. The Morgan fingerprint density at radius 1 is 1.28 bits per heavy atom. The molecule has 0 saturated carbocycles. The third kappa shape index (κ3) is 3.28. The van der Waals surface area contributed by atoms with Crippen LogP contribution in [-0.4, -0.2) is 25.3 Å². The molecular formula is C17H18FN5O2. The second kappa shape index (κ2) is 6.46. The number of nitrogens with one attached hydrogen (secondary N) is 1. The fourth-order valence-electron chi connectivity index (χ4n) is 2.52. The van der Waals surface area contributed by atoms with Crippen molar-refractivity contribution in [1.82, 2.24) is 24.7 Å². The number of carbonyl (C=O) groups is 1. The molecule has 2 heterocycles. The van der Waals surface area contributed by atoms with Gasteiger partial charge in [-0.15, -0.1) is 5.10 Å². The van der Waals surface area contributed by atoms with Gasteiger partial charge in [0.25, 0.3) is 0 Å². The molecule has 0 spiro atoms. The summed E-state index contributed by atoms with van der Waals surface area (Å²) in [7, 11) is 0. The first-order chi connectivity index (χ1) is 11.9. The number of amides is 1. The highest BCUT2D eigenvalue weighted by Crippen LogP contribution is 2.16. The first-order valence-electron chi connectivity index (χ1n) is 7.83. The van der Waals surface area contributed by atoms with Gasteiger partial charge in [0.1, 0.15) is 12.4 Å². The quantitative estimate of drug-likeness (QED) is 0.779. The predicted molar refractivity (Wildman–Crippen MR) is 89.7 cm³/mol. The molecule has 25 heavy (non-hydrogen) atoms. The number of fused-ring (bicyclic) bond motifs is 1. The van der Waals surface area contributed by atoms with Crippen LogP contribution in [-0.2, 0) is 11.3 Å². The van der Waals surface area contributed by atoms with Crippen LogP contribution in [0.25, 0.3) is 5.65 Å². The monoisotopic (exact) mass is 343 g/mol. The van der Waals surface area contributed by atoms with Crippen LogP contribution >= 0.6 is 0 Å². The van der Waals surface area contributed by atoms with Gasteiger partial charge in [-0.2, -0.15) is 9.61 Å². The molecule has 0 aliphatic rings. The largest absolute Gasteiger partial charge is 0.367 e. The van der Waals surface area contributed by atoms with Crippen LogP contribution < -0.4 is 11.0 Å². The van der Waals surface area contributed by atoms with Gasteiger partial charge in [-0.05, 0) is 49.6 Å². The smallest absolute Gasteiger partial charge is 0.348 e. The highest BCUT2D eigenvalue weighted by molar-refractivity contribution is 5.76. The number of hydrogen-bond donors (Lipinski definition) is 1. The summed E-state index contributed by atoms with van der Waals surface area (Å²) in [6.45, 7) is 5.00. The Balaban J connectivity index is 1.76. The van der Waals surface area contributed by atoms with Crippen LogP contribution in [0, 0.1) is 19.7 Å². The van der Waals surface area contributed by atoms with Gasteiger partial charge in [-0.1, -0.05) is 12.1 Å². The van der Waals surface area contributed by atoms with Crippen molar-refractivity contribution in [1.29, 1.82) is 0 Å². The van der Waals surface area contributed by atoms with Gasteiger partial charge < -0.3 is 5.32 Å². The maximum atomic E-state index is 13.7. The van der Waals surface area contributed by atoms with Crippen molar-refractivity contribution in [2.45, 2.75) is 33.4 Å². The Kier molecular flexibility index (Phi) is 4.35. The Morgan fingerprint density at radius 3 is 2.72 bits per heavy atom. The molecule has 1 aromatic carbocycles. The SMILES string of the molecule is Cc1ccc([C@H](C)NC(=O)Cn2nc3c(C)ccnn3c2=O)cc1F. The molecule has 1 atom stereocenters. The molecule has 2 aromatic heterocycles. The number of hydrogen-bond acceptors (Lipinski definition) is 4. The zero-order valence-corrected chi connectivity index (χ0v) is 14.2. The lowest BCUT2D eigenvalue weighted by molar-refractivity contribution is -0.122. The molecule has 1 amide bonds. The maximum Gasteiger partial charge on any atom is 0.367 e. The molecule has 130 valence electrons. The van der Waals surface area contributed by atoms with E-state index in [9.17, 15) is 14.0 Å². The van der Waals surface area contributed by atoms with Gasteiger partial charge in [0.15, 0.2) is 5.65 Å². The third-order valence-electron chi connectivity index (χ3n) is 4.04. The van der Waals surface area contributed by atoms with E-state index in [1.165, 1.54) is 12.3 Å². The van der Waals surface area contributed by atoms with Gasteiger partial charge in [-0.25, -0.2) is 13.9 Å². The topological polar surface area (TPSA) is 81.3 Å². The Bertz CT molecular complexity index is 1010. The van der Waals surface area contributed by atoms with Crippen LogP contribution in [0.4, 0.5) is 4.39 Å². The standard InChI is InChI=1S/C17H18FN5O2/c1-10-4-5-13(8-14(10)18)12(3)20-15(24)9-22-17(25)23-16(21-22)11(2)6-7-19-23/h4-8,12H,9H2,1-3H3,(H,20,24)/t12-/m0/s1. The van der Waals surface area contributed by atoms with Crippen molar-refractivity contribution in [2.24, 2.45) is 0 Å². The minimum atomic E-state index is -0.483. The van der Waals surface area contributed by atoms with E-state index in [0.717, 1.165) is 14.8 Å². The second-order valence-corrected chi connectivity index (χ2v) is 5.99. The molecule has 0 fully saturated rings. The summed E-state index contributed by atoms with van der Waals surface area (Å²) in [5, 5.41) is 10.8. The number of aryl methyl sites for hydroxylation is 2. The second-order valence-electron chi connectivity index (χ2n) is 5.99. The van der Waals surface area contributed by atoms with Crippen molar-refractivity contribution >= 4 is 11.6 Å². The lowest BCUT2D eigenvalue weighted by atomic mass is 10.1. The maximum absolute atomic E-state index is 13.7. The highest BCUT2D eigenvalue weighted by Gasteiger charge is 2.15. The van der Waals surface area contributed by atoms with Crippen LogP contribution in [0.15, 0.2) is 35.3 Å². The van der Waals surface area contributed by atoms with E-state index in [4.69, 9.17) is 0 Å². The van der Waals surface area contributed by atoms with Crippen molar-refractivity contribution in [2.75, 3.05) is 0 Å². The van der Waals surface area contributed by atoms with E-state index in [0.29, 0.717) is 16.8 Å². The van der Waals surface area contributed by atoms with Gasteiger partial charge in [-0.3, -0.25) is 4.79 Å². The number of benzene rings is 1. The summed E-state index contributed by atoms with van der Waals surface area (Å²) >= 11 is 0. The normalized spacial score (nSPS) is 12.3. The Labute approximate surface area is 143 Å². The number of aromatic nitrogens is 4. The van der Waals surface area contributed by atoms with Crippen molar-refractivity contribution in [3.05, 3.63) is 63.5 Å². The van der Waals surface area contributed by atoms with E-state index < -0.39 is 17.6 Å². The average Bonchev–Trinajstić information content (AvgIpc) is 2.88. The minimum absolute atomic E-state index is 0.236. The molecule has 1 N–H and O–H groups in total. The van der Waals surface area contributed by atoms with Crippen LogP contribution in [0.3, 0.4) is 0 Å². The van der Waals surface area contributed by atoms with Crippen molar-refractivity contribution in [3.63, 3.8) is 0 Å². The number of rotatable bonds is 4. The Hall–Kier alpha value is -3.03. The summed E-state index contributed by atoms with van der Waals surface area (Å²) < 4.78 is 15.9. The molecule has 0 unspecified atom stereocenters. The fraction of sp³-hybridized carbons (Fsp3) is 0.294. The summed E-state index contributed by atoms with van der Waals surface area (Å²) in [6.07, 6.45) is 1.50. The average molecular weight is 343 g/mol. The zero-order chi connectivity index (χ0) is 18.1. The van der Waals surface area contributed by atoms with Gasteiger partial charge in [0.05, 0.1) is 6.04 Å². The number of carbonyl (C=O) groups excluding carboxylic acids is 1. The van der Waals surface area contributed by atoms with E-state index in [2.05, 4.69) is 15.5 Å². The first-order valence-corrected chi connectivity index (χ1v) is 7.83. The lowest BCUT2D eigenvalue weighted by Crippen LogP contribution is -2.34. The lowest BCUT2D eigenvalue weighted by Gasteiger charge is -2.14. The molecular weight excluding hydrogens is 325 g/mol. The minimum Gasteiger partial charge on any atom is -0.348 e. The molecule has 0 radical (unpaired) electrons. The highest BCUT2D eigenvalue weighted by atomic mass is 19.1.